The van der Waals surface area contributed by atoms with Crippen molar-refractivity contribution in [2.45, 2.75) is 45.2 Å². The van der Waals surface area contributed by atoms with Crippen molar-refractivity contribution in [2.24, 2.45) is 0 Å². The molecule has 1 aromatic rings. The minimum Gasteiger partial charge on any atom is -0.473 e. The zero-order chi connectivity index (χ0) is 21.6. The molecule has 1 aliphatic rings. The van der Waals surface area contributed by atoms with Crippen LogP contribution >= 0.6 is 0 Å². The van der Waals surface area contributed by atoms with E-state index >= 15 is 0 Å². The summed E-state index contributed by atoms with van der Waals surface area (Å²) in [5, 5.41) is 14.8. The summed E-state index contributed by atoms with van der Waals surface area (Å²) in [6.07, 6.45) is 9.98. The van der Waals surface area contributed by atoms with Crippen molar-refractivity contribution in [2.75, 3.05) is 13.7 Å². The van der Waals surface area contributed by atoms with Crippen LogP contribution in [0.4, 0.5) is 0 Å². The Morgan fingerprint density at radius 1 is 1.10 bits per heavy atom. The summed E-state index contributed by atoms with van der Waals surface area (Å²) in [5.74, 6) is -3.91. The number of carbonyl (C=O) groups excluding carboxylic acids is 1. The zero-order valence-electron chi connectivity index (χ0n) is 16.9. The van der Waals surface area contributed by atoms with E-state index in [-0.39, 0.29) is 5.97 Å². The van der Waals surface area contributed by atoms with Crippen molar-refractivity contribution in [3.63, 3.8) is 0 Å². The third-order valence-corrected chi connectivity index (χ3v) is 4.53. The van der Waals surface area contributed by atoms with Gasteiger partial charge in [-0.15, -0.1) is 0 Å². The molecule has 7 nitrogen and oxygen atoms in total. The van der Waals surface area contributed by atoms with Gasteiger partial charge in [0.15, 0.2) is 0 Å². The van der Waals surface area contributed by atoms with Crippen LogP contribution in [0.1, 0.15) is 38.2 Å². The largest absolute Gasteiger partial charge is 0.473 e. The van der Waals surface area contributed by atoms with E-state index in [0.29, 0.717) is 12.6 Å². The summed E-state index contributed by atoms with van der Waals surface area (Å²) >= 11 is 0. The first-order chi connectivity index (χ1) is 13.8. The van der Waals surface area contributed by atoms with Crippen molar-refractivity contribution in [1.29, 1.82) is 0 Å². The number of hydrogen-bond donors (Lipinski definition) is 2. The van der Waals surface area contributed by atoms with Gasteiger partial charge in [0.25, 0.3) is 0 Å². The van der Waals surface area contributed by atoms with Crippen molar-refractivity contribution < 1.29 is 29.3 Å². The van der Waals surface area contributed by atoms with E-state index in [4.69, 9.17) is 24.5 Å². The molecule has 0 saturated heterocycles. The molecule has 2 N–H and O–H groups in total. The fraction of sp³-hybridized carbons (Fsp3) is 0.409. The smallest absolute Gasteiger partial charge is 0.414 e. The predicted molar refractivity (Wildman–Crippen MR) is 109 cm³/mol. The van der Waals surface area contributed by atoms with Crippen molar-refractivity contribution >= 4 is 17.9 Å². The summed E-state index contributed by atoms with van der Waals surface area (Å²) in [4.78, 5) is 31.9. The van der Waals surface area contributed by atoms with Gasteiger partial charge in [0.2, 0.25) is 0 Å². The summed E-state index contributed by atoms with van der Waals surface area (Å²) in [7, 11) is 2.22. The Hall–Kier alpha value is -2.93. The van der Waals surface area contributed by atoms with Gasteiger partial charge in [0.05, 0.1) is 6.61 Å². The minimum atomic E-state index is -1.82. The number of carboxylic acids is 2. The van der Waals surface area contributed by atoms with Crippen LogP contribution in [0.3, 0.4) is 0 Å². The molecule has 7 heteroatoms. The Bertz CT molecular complexity index is 704. The highest BCUT2D eigenvalue weighted by molar-refractivity contribution is 6.27. The Balaban J connectivity index is 0.000000612. The number of rotatable bonds is 6. The van der Waals surface area contributed by atoms with E-state index in [9.17, 15) is 4.79 Å². The second-order valence-corrected chi connectivity index (χ2v) is 6.68. The molecule has 0 radical (unpaired) electrons. The van der Waals surface area contributed by atoms with Gasteiger partial charge in [-0.25, -0.2) is 14.4 Å². The second-order valence-electron chi connectivity index (χ2n) is 6.68. The highest BCUT2D eigenvalue weighted by Crippen LogP contribution is 2.27. The third kappa shape index (κ3) is 10.3. The van der Waals surface area contributed by atoms with E-state index in [1.54, 1.807) is 0 Å². The fourth-order valence-corrected chi connectivity index (χ4v) is 3.03. The first-order valence-electron chi connectivity index (χ1n) is 9.56. The molecule has 0 unspecified atom stereocenters. The zero-order valence-corrected chi connectivity index (χ0v) is 16.9. The van der Waals surface area contributed by atoms with E-state index < -0.39 is 11.9 Å². The number of nitrogens with zero attached hydrogens (tertiary/aromatic N) is 1. The Morgan fingerprint density at radius 2 is 1.69 bits per heavy atom. The normalized spacial score (nSPS) is 16.1. The number of aliphatic carboxylic acids is 2. The van der Waals surface area contributed by atoms with Gasteiger partial charge in [0.1, 0.15) is 0 Å². The second kappa shape index (κ2) is 13.3. The molecule has 0 amide bonds. The highest BCUT2D eigenvalue weighted by atomic mass is 16.5. The molecule has 1 fully saturated rings. The molecule has 2 rings (SSSR count). The third-order valence-electron chi connectivity index (χ3n) is 4.53. The molecule has 1 aliphatic carbocycles. The SMILES string of the molecule is CCOC(=O)/C=C/C=C1CCC(N(C)Cc2ccccc2)CC1.O=C(O)C(=O)O. The maximum absolute atomic E-state index is 11.3. The van der Waals surface area contributed by atoms with Gasteiger partial charge in [-0.3, -0.25) is 4.90 Å². The summed E-state index contributed by atoms with van der Waals surface area (Å²) in [5.41, 5.74) is 2.80. The van der Waals surface area contributed by atoms with Crippen LogP contribution in [0.15, 0.2) is 54.1 Å². The molecule has 0 aliphatic heterocycles. The van der Waals surface area contributed by atoms with Gasteiger partial charge in [-0.2, -0.15) is 0 Å². The van der Waals surface area contributed by atoms with Crippen molar-refractivity contribution in [3.8, 4) is 0 Å². The van der Waals surface area contributed by atoms with Gasteiger partial charge in [0, 0.05) is 18.7 Å². The number of esters is 1. The fourth-order valence-electron chi connectivity index (χ4n) is 3.03. The Morgan fingerprint density at radius 3 is 2.21 bits per heavy atom. The van der Waals surface area contributed by atoms with E-state index in [2.05, 4.69) is 48.4 Å². The topological polar surface area (TPSA) is 104 Å². The Labute approximate surface area is 171 Å². The highest BCUT2D eigenvalue weighted by Gasteiger charge is 2.20. The number of benzene rings is 1. The predicted octanol–water partition coefficient (Wildman–Crippen LogP) is 3.26. The summed E-state index contributed by atoms with van der Waals surface area (Å²) in [6, 6.07) is 11.3. The van der Waals surface area contributed by atoms with Crippen LogP contribution in [0, 0.1) is 0 Å². The lowest BCUT2D eigenvalue weighted by Crippen LogP contribution is -2.33. The molecular weight excluding hydrogens is 374 g/mol. The lowest BCUT2D eigenvalue weighted by Gasteiger charge is -2.32. The number of allylic oxidation sites excluding steroid dienone is 3. The van der Waals surface area contributed by atoms with Crippen LogP contribution in [0.2, 0.25) is 0 Å². The molecule has 29 heavy (non-hydrogen) atoms. The van der Waals surface area contributed by atoms with Crippen LogP contribution < -0.4 is 0 Å². The molecular formula is C22H29NO6. The maximum Gasteiger partial charge on any atom is 0.414 e. The quantitative estimate of drug-likeness (QED) is 0.427. The molecule has 0 heterocycles. The summed E-state index contributed by atoms with van der Waals surface area (Å²) in [6.45, 7) is 3.25. The average molecular weight is 403 g/mol. The number of hydrogen-bond acceptors (Lipinski definition) is 5. The van der Waals surface area contributed by atoms with Crippen LogP contribution in [0.5, 0.6) is 0 Å². The van der Waals surface area contributed by atoms with Crippen LogP contribution in [-0.2, 0) is 25.7 Å². The molecule has 0 atom stereocenters. The number of ether oxygens (including phenoxy) is 1. The maximum atomic E-state index is 11.3. The lowest BCUT2D eigenvalue weighted by atomic mass is 9.89. The molecule has 1 saturated carbocycles. The summed E-state index contributed by atoms with van der Waals surface area (Å²) < 4.78 is 4.87. The van der Waals surface area contributed by atoms with Crippen LogP contribution in [0.25, 0.3) is 0 Å². The van der Waals surface area contributed by atoms with E-state index in [1.165, 1.54) is 30.1 Å². The van der Waals surface area contributed by atoms with Crippen LogP contribution in [-0.4, -0.2) is 52.7 Å². The van der Waals surface area contributed by atoms with Gasteiger partial charge >= 0.3 is 17.9 Å². The molecule has 0 aromatic heterocycles. The first kappa shape index (κ1) is 24.1. The van der Waals surface area contributed by atoms with E-state index in [0.717, 1.165) is 19.4 Å². The van der Waals surface area contributed by atoms with Crippen molar-refractivity contribution in [3.05, 3.63) is 59.7 Å². The van der Waals surface area contributed by atoms with Gasteiger partial charge in [-0.05, 0) is 45.2 Å². The number of carboxylic acid groups (broad SMARTS) is 2. The Kier molecular flexibility index (Phi) is 11.0. The molecule has 1 aromatic carbocycles. The lowest BCUT2D eigenvalue weighted by molar-refractivity contribution is -0.159. The first-order valence-corrected chi connectivity index (χ1v) is 9.56. The molecule has 0 spiro atoms. The van der Waals surface area contributed by atoms with E-state index in [1.807, 2.05) is 13.0 Å². The van der Waals surface area contributed by atoms with Gasteiger partial charge < -0.3 is 14.9 Å². The average Bonchev–Trinajstić information content (AvgIpc) is 2.70. The molecule has 0 bridgehead atoms. The monoisotopic (exact) mass is 403 g/mol. The number of carbonyl (C=O) groups is 3. The van der Waals surface area contributed by atoms with Crippen molar-refractivity contribution in [1.82, 2.24) is 4.90 Å². The minimum absolute atomic E-state index is 0.263. The van der Waals surface area contributed by atoms with Gasteiger partial charge in [-0.1, -0.05) is 48.1 Å². The standard InChI is InChI=1S/C20H27NO2.C2H2O4/c1-3-23-20(22)11-7-10-17-12-14-19(15-13-17)21(2)16-18-8-5-4-6-9-18;3-1(4)2(5)6/h4-11,19H,3,12-16H2,1-2H3;(H,3,4)(H,5,6)/b11-7+,17-10?;. The molecule has 158 valence electrons.